The zero-order valence-corrected chi connectivity index (χ0v) is 27.0. The number of hydrogen-bond acceptors (Lipinski definition) is 8. The molecule has 1 aromatic carbocycles. The SMILES string of the molecule is CC/C(=N\OC)[C@@H]1C2CCC(C[C@@H]1c1ccc(Cl)c(Cl)c1)N2CCCN(CC[S-])CC([O-])=NCC[S-].[98Tc+5].[O-2]. The molecular weight excluding hydrogens is 649 g/mol. The molecule has 12 heteroatoms. The number of benzene rings is 1. The van der Waals surface area contributed by atoms with Crippen LogP contribution in [0.2, 0.25) is 10.0 Å². The van der Waals surface area contributed by atoms with Gasteiger partial charge in [0.05, 0.1) is 15.8 Å². The molecule has 0 aliphatic carbocycles. The van der Waals surface area contributed by atoms with Crippen LogP contribution in [0.5, 0.6) is 0 Å². The third-order valence-corrected chi connectivity index (χ3v) is 8.53. The molecule has 0 N–H and O–H groups in total. The molecule has 0 aromatic heterocycles. The van der Waals surface area contributed by atoms with Crippen molar-refractivity contribution >= 4 is 60.1 Å². The number of aliphatic imine (C=N–C) groups is 1. The van der Waals surface area contributed by atoms with Crippen molar-refractivity contribution in [1.82, 2.24) is 9.80 Å². The number of nitrogens with zero attached hydrogens (tertiary/aromatic N) is 4. The fourth-order valence-corrected chi connectivity index (χ4v) is 6.62. The molecule has 2 aliphatic heterocycles. The van der Waals surface area contributed by atoms with Crippen LogP contribution in [0.4, 0.5) is 0 Å². The quantitative estimate of drug-likeness (QED) is 0.128. The Balaban J connectivity index is 0.00000361. The summed E-state index contributed by atoms with van der Waals surface area (Å²) in [5, 5.41) is 17.8. The van der Waals surface area contributed by atoms with Crippen LogP contribution in [0.1, 0.15) is 50.5 Å². The first kappa shape index (κ1) is 36.0. The van der Waals surface area contributed by atoms with E-state index in [1.54, 1.807) is 7.11 Å². The Hall–Kier alpha value is -0.0306. The van der Waals surface area contributed by atoms with E-state index in [1.807, 2.05) is 12.1 Å². The monoisotopic (exact) mass is 685 g/mol. The summed E-state index contributed by atoms with van der Waals surface area (Å²) in [6, 6.07) is 6.95. The number of rotatable bonds is 14. The molecule has 0 amide bonds. The van der Waals surface area contributed by atoms with E-state index < -0.39 is 0 Å². The van der Waals surface area contributed by atoms with Gasteiger partial charge in [-0.1, -0.05) is 41.3 Å². The molecule has 0 radical (unpaired) electrons. The molecule has 7 nitrogen and oxygen atoms in total. The zero-order chi connectivity index (χ0) is 26.1. The van der Waals surface area contributed by atoms with Gasteiger partial charge in [-0.2, -0.15) is 11.5 Å². The smallest absolute Gasteiger partial charge is 2.00 e. The van der Waals surface area contributed by atoms with Crippen molar-refractivity contribution in [2.75, 3.05) is 51.3 Å². The average molecular weight is 687 g/mol. The molecule has 0 spiro atoms. The first-order chi connectivity index (χ1) is 17.4. The predicted molar refractivity (Wildman–Crippen MR) is 154 cm³/mol. The summed E-state index contributed by atoms with van der Waals surface area (Å²) < 4.78 is 0. The van der Waals surface area contributed by atoms with Crippen molar-refractivity contribution in [1.29, 1.82) is 0 Å². The summed E-state index contributed by atoms with van der Waals surface area (Å²) in [6.07, 6.45) is 5.19. The van der Waals surface area contributed by atoms with Gasteiger partial charge in [0, 0.05) is 31.1 Å². The Bertz CT molecular complexity index is 915. The van der Waals surface area contributed by atoms with Crippen molar-refractivity contribution in [3.8, 4) is 0 Å². The van der Waals surface area contributed by atoms with Crippen LogP contribution in [0, 0.1) is 5.92 Å². The third kappa shape index (κ3) is 9.52. The van der Waals surface area contributed by atoms with E-state index in [0.29, 0.717) is 52.6 Å². The van der Waals surface area contributed by atoms with Crippen LogP contribution in [0.25, 0.3) is 0 Å². The maximum Gasteiger partial charge on any atom is 5.00 e. The molecule has 1 aromatic rings. The molecule has 0 saturated carbocycles. The van der Waals surface area contributed by atoms with Gasteiger partial charge in [0.2, 0.25) is 0 Å². The first-order valence-corrected chi connectivity index (χ1v) is 14.7. The van der Waals surface area contributed by atoms with Crippen molar-refractivity contribution in [2.24, 2.45) is 16.1 Å². The van der Waals surface area contributed by atoms with Gasteiger partial charge in [-0.15, -0.1) is 0 Å². The third-order valence-electron chi connectivity index (χ3n) is 7.43. The van der Waals surface area contributed by atoms with E-state index in [4.69, 9.17) is 53.3 Å². The number of halogens is 2. The Morgan fingerprint density at radius 2 is 1.95 bits per heavy atom. The molecular formula is C26H37Cl2N4O3S2Tc. The molecule has 2 bridgehead atoms. The van der Waals surface area contributed by atoms with Gasteiger partial charge in [-0.05, 0) is 81.3 Å². The number of fused-ring (bicyclic) bond motifs is 2. The Kier molecular flexibility index (Phi) is 17.4. The molecule has 212 valence electrons. The average Bonchev–Trinajstić information content (AvgIpc) is 3.14. The first-order valence-electron chi connectivity index (χ1n) is 12.8. The number of piperidine rings is 1. The second-order valence-corrected chi connectivity index (χ2v) is 11.1. The van der Waals surface area contributed by atoms with Gasteiger partial charge in [-0.25, -0.2) is 0 Å². The van der Waals surface area contributed by atoms with E-state index in [1.165, 1.54) is 12.0 Å². The van der Waals surface area contributed by atoms with Crippen LogP contribution in [-0.2, 0) is 55.7 Å². The maximum atomic E-state index is 12.2. The van der Waals surface area contributed by atoms with Crippen LogP contribution >= 0.6 is 23.2 Å². The molecule has 3 rings (SSSR count). The van der Waals surface area contributed by atoms with Crippen molar-refractivity contribution in [3.05, 3.63) is 33.8 Å². The Morgan fingerprint density at radius 1 is 1.18 bits per heavy atom. The normalized spacial score (nSPS) is 23.8. The Labute approximate surface area is 262 Å². The van der Waals surface area contributed by atoms with Gasteiger partial charge < -0.3 is 50.6 Å². The van der Waals surface area contributed by atoms with E-state index in [2.05, 4.69) is 32.9 Å². The summed E-state index contributed by atoms with van der Waals surface area (Å²) >= 11 is 22.7. The molecule has 2 fully saturated rings. The Morgan fingerprint density at radius 3 is 2.58 bits per heavy atom. The second-order valence-electron chi connectivity index (χ2n) is 9.51. The maximum absolute atomic E-state index is 12.2. The second kappa shape index (κ2) is 18.4. The molecule has 2 saturated heterocycles. The van der Waals surface area contributed by atoms with Gasteiger partial charge in [0.25, 0.3) is 0 Å². The van der Waals surface area contributed by atoms with Crippen molar-refractivity contribution < 1.29 is 35.5 Å². The minimum Gasteiger partial charge on any atom is -2.00 e. The fraction of sp³-hybridized carbons (Fsp3) is 0.692. The van der Waals surface area contributed by atoms with Crippen molar-refractivity contribution in [3.63, 3.8) is 0 Å². The van der Waals surface area contributed by atoms with Crippen molar-refractivity contribution in [2.45, 2.75) is 57.0 Å². The standard InChI is InChI=1S/C26H40Cl2N4O2S2.O.Tc/c1-3-23(30-34-2)26-20(18-5-7-21(27)22(28)15-18)16-19-6-8-24(26)32(19)11-4-10-31(12-14-36)17-25(33)29-9-13-35;;/h5,7,15,19-20,24,26,35-36H,3-4,6,8-14,16-17H2,1-2H3,(H,29,33);;/q;-2;+5/p-3/b30-23+;;/t19?,20-,24?,26-;;/m1../s1/i;;1+0. The fourth-order valence-electron chi connectivity index (χ4n) is 5.97. The largest absolute Gasteiger partial charge is 5.00 e. The van der Waals surface area contributed by atoms with E-state index in [0.717, 1.165) is 51.0 Å². The minimum atomic E-state index is -0.103. The zero-order valence-electron chi connectivity index (χ0n) is 22.0. The molecule has 4 atom stereocenters. The topological polar surface area (TPSA) is 92.0 Å². The molecule has 2 unspecified atom stereocenters. The van der Waals surface area contributed by atoms with Gasteiger partial charge in [-0.3, -0.25) is 4.90 Å². The van der Waals surface area contributed by atoms with Crippen LogP contribution in [0.15, 0.2) is 28.3 Å². The summed E-state index contributed by atoms with van der Waals surface area (Å²) in [4.78, 5) is 14.1. The summed E-state index contributed by atoms with van der Waals surface area (Å²) in [5.74, 6) is 1.55. The number of oxime groups is 1. The van der Waals surface area contributed by atoms with E-state index in [9.17, 15) is 5.11 Å². The number of hydrogen-bond donors (Lipinski definition) is 0. The van der Waals surface area contributed by atoms with Gasteiger partial charge >= 0.3 is 20.1 Å². The predicted octanol–water partition coefficient (Wildman–Crippen LogP) is 3.77. The molecule has 38 heavy (non-hydrogen) atoms. The van der Waals surface area contributed by atoms with Gasteiger partial charge in [0.15, 0.2) is 0 Å². The van der Waals surface area contributed by atoms with Crippen LogP contribution in [-0.4, -0.2) is 84.8 Å². The van der Waals surface area contributed by atoms with Crippen LogP contribution in [0.3, 0.4) is 0 Å². The molecule has 2 aliphatic rings. The molecule has 2 heterocycles. The van der Waals surface area contributed by atoms with Crippen LogP contribution < -0.4 is 5.11 Å². The summed E-state index contributed by atoms with van der Waals surface area (Å²) in [7, 11) is 1.62. The minimum absolute atomic E-state index is 0. The van der Waals surface area contributed by atoms with E-state index in [-0.39, 0.29) is 37.4 Å². The van der Waals surface area contributed by atoms with Gasteiger partial charge in [0.1, 0.15) is 7.11 Å². The summed E-state index contributed by atoms with van der Waals surface area (Å²) in [5.41, 5.74) is 2.33. The summed E-state index contributed by atoms with van der Waals surface area (Å²) in [6.45, 7) is 5.42. The van der Waals surface area contributed by atoms with E-state index >= 15 is 0 Å².